The van der Waals surface area contributed by atoms with Crippen molar-refractivity contribution >= 4 is 11.8 Å². The van der Waals surface area contributed by atoms with Crippen LogP contribution >= 0.6 is 0 Å². The molecule has 2 N–H and O–H groups in total. The summed E-state index contributed by atoms with van der Waals surface area (Å²) in [5.74, 6) is 2.18. The first-order chi connectivity index (χ1) is 6.74. The fraction of sp³-hybridized carbons (Fsp3) is 0.556. The number of amides is 2. The number of carbonyl (C=O) groups is 2. The van der Waals surface area contributed by atoms with Crippen LogP contribution in [0.15, 0.2) is 0 Å². The minimum atomic E-state index is -0.110. The van der Waals surface area contributed by atoms with Crippen LogP contribution in [0.5, 0.6) is 0 Å². The second-order valence-electron chi connectivity index (χ2n) is 2.97. The highest BCUT2D eigenvalue weighted by Gasteiger charge is 2.19. The highest BCUT2D eigenvalue weighted by Crippen LogP contribution is 1.93. The van der Waals surface area contributed by atoms with Gasteiger partial charge in [-0.25, -0.2) is 0 Å². The van der Waals surface area contributed by atoms with E-state index in [0.717, 1.165) is 0 Å². The zero-order valence-electron chi connectivity index (χ0n) is 7.88. The first-order valence-corrected chi connectivity index (χ1v) is 4.42. The van der Waals surface area contributed by atoms with E-state index in [9.17, 15) is 9.59 Å². The molecule has 1 aliphatic rings. The lowest BCUT2D eigenvalue weighted by Crippen LogP contribution is -2.52. The number of piperazine rings is 1. The predicted octanol–water partition coefficient (Wildman–Crippen LogP) is -1.83. The normalized spacial score (nSPS) is 15.9. The summed E-state index contributed by atoms with van der Waals surface area (Å²) < 4.78 is 0. The highest BCUT2D eigenvalue weighted by atomic mass is 16.2. The lowest BCUT2D eigenvalue weighted by molar-refractivity contribution is -0.137. The van der Waals surface area contributed by atoms with Crippen molar-refractivity contribution in [2.75, 3.05) is 32.7 Å². The summed E-state index contributed by atoms with van der Waals surface area (Å²) in [6, 6.07) is 0. The Kier molecular flexibility index (Phi) is 3.95. The number of terminal acetylenes is 1. The predicted molar refractivity (Wildman–Crippen MR) is 51.3 cm³/mol. The van der Waals surface area contributed by atoms with E-state index in [1.54, 1.807) is 0 Å². The number of hydrogen-bond acceptors (Lipinski definition) is 3. The van der Waals surface area contributed by atoms with E-state index in [-0.39, 0.29) is 24.9 Å². The number of nitrogens with one attached hydrogen (secondary N) is 2. The lowest BCUT2D eigenvalue weighted by atomic mass is 10.3. The summed E-state index contributed by atoms with van der Waals surface area (Å²) in [5.41, 5.74) is 0. The Balaban J connectivity index is 2.29. The second-order valence-corrected chi connectivity index (χ2v) is 2.97. The molecule has 0 bridgehead atoms. The van der Waals surface area contributed by atoms with Crippen molar-refractivity contribution in [2.24, 2.45) is 0 Å². The standard InChI is InChI=1S/C9H13N3O2/c1-2-3-10-6-9(14)12-5-4-11-8(13)7-12/h1,10H,3-7H2,(H,11,13). The van der Waals surface area contributed by atoms with Crippen molar-refractivity contribution in [1.29, 1.82) is 0 Å². The molecule has 0 aromatic rings. The molecule has 5 heteroatoms. The molecule has 0 radical (unpaired) electrons. The van der Waals surface area contributed by atoms with Crippen molar-refractivity contribution in [3.63, 3.8) is 0 Å². The van der Waals surface area contributed by atoms with Gasteiger partial charge in [0.25, 0.3) is 0 Å². The summed E-state index contributed by atoms with van der Waals surface area (Å²) in [5, 5.41) is 5.44. The summed E-state index contributed by atoms with van der Waals surface area (Å²) >= 11 is 0. The molecule has 76 valence electrons. The van der Waals surface area contributed by atoms with E-state index < -0.39 is 0 Å². The van der Waals surface area contributed by atoms with E-state index >= 15 is 0 Å². The average Bonchev–Trinajstić information content (AvgIpc) is 2.18. The molecule has 1 fully saturated rings. The Morgan fingerprint density at radius 3 is 3.14 bits per heavy atom. The Hall–Kier alpha value is -1.54. The summed E-state index contributed by atoms with van der Waals surface area (Å²) in [6.45, 7) is 1.81. The van der Waals surface area contributed by atoms with Gasteiger partial charge in [0.15, 0.2) is 0 Å². The Bertz CT molecular complexity index is 270. The largest absolute Gasteiger partial charge is 0.353 e. The zero-order valence-corrected chi connectivity index (χ0v) is 7.88. The van der Waals surface area contributed by atoms with Crippen LogP contribution in [0.25, 0.3) is 0 Å². The molecule has 0 atom stereocenters. The maximum absolute atomic E-state index is 11.4. The highest BCUT2D eigenvalue weighted by molar-refractivity contribution is 5.86. The van der Waals surface area contributed by atoms with Gasteiger partial charge in [0.2, 0.25) is 11.8 Å². The molecule has 5 nitrogen and oxygen atoms in total. The lowest BCUT2D eigenvalue weighted by Gasteiger charge is -2.26. The van der Waals surface area contributed by atoms with Crippen molar-refractivity contribution in [3.05, 3.63) is 0 Å². The zero-order chi connectivity index (χ0) is 10.4. The number of nitrogens with zero attached hydrogens (tertiary/aromatic N) is 1. The monoisotopic (exact) mass is 195 g/mol. The first kappa shape index (κ1) is 10.5. The van der Waals surface area contributed by atoms with Crippen LogP contribution in [0.2, 0.25) is 0 Å². The maximum atomic E-state index is 11.4. The summed E-state index contributed by atoms with van der Waals surface area (Å²) in [6.07, 6.45) is 5.01. The van der Waals surface area contributed by atoms with Crippen LogP contribution in [0.4, 0.5) is 0 Å². The van der Waals surface area contributed by atoms with Crippen LogP contribution in [0, 0.1) is 12.3 Å². The molecule has 2 amide bonds. The molecular formula is C9H13N3O2. The number of hydrogen-bond donors (Lipinski definition) is 2. The van der Waals surface area contributed by atoms with Gasteiger partial charge in [-0.15, -0.1) is 6.42 Å². The molecule has 0 aromatic carbocycles. The SMILES string of the molecule is C#CCNCC(=O)N1CCNC(=O)C1. The Labute approximate surface area is 82.8 Å². The quantitative estimate of drug-likeness (QED) is 0.411. The van der Waals surface area contributed by atoms with E-state index in [4.69, 9.17) is 6.42 Å². The third-order valence-corrected chi connectivity index (χ3v) is 1.89. The molecule has 1 rings (SSSR count). The number of carbonyl (C=O) groups excluding carboxylic acids is 2. The molecule has 0 spiro atoms. The smallest absolute Gasteiger partial charge is 0.239 e. The van der Waals surface area contributed by atoms with Crippen LogP contribution in [0.1, 0.15) is 0 Å². The molecule has 0 unspecified atom stereocenters. The third kappa shape index (κ3) is 3.07. The molecule has 14 heavy (non-hydrogen) atoms. The number of rotatable bonds is 3. The molecule has 0 aliphatic carbocycles. The van der Waals surface area contributed by atoms with Gasteiger partial charge in [0.05, 0.1) is 19.6 Å². The first-order valence-electron chi connectivity index (χ1n) is 4.42. The molecule has 1 saturated heterocycles. The van der Waals surface area contributed by atoms with Crippen LogP contribution < -0.4 is 10.6 Å². The van der Waals surface area contributed by atoms with Crippen molar-refractivity contribution in [2.45, 2.75) is 0 Å². The molecule has 1 heterocycles. The second kappa shape index (κ2) is 5.25. The van der Waals surface area contributed by atoms with Crippen LogP contribution in [-0.2, 0) is 9.59 Å². The van der Waals surface area contributed by atoms with Gasteiger partial charge in [0.1, 0.15) is 0 Å². The van der Waals surface area contributed by atoms with Crippen LogP contribution in [0.3, 0.4) is 0 Å². The minimum Gasteiger partial charge on any atom is -0.353 e. The van der Waals surface area contributed by atoms with Gasteiger partial charge in [-0.1, -0.05) is 5.92 Å². The van der Waals surface area contributed by atoms with Gasteiger partial charge < -0.3 is 10.2 Å². The molecular weight excluding hydrogens is 182 g/mol. The average molecular weight is 195 g/mol. The molecule has 0 aromatic heterocycles. The fourth-order valence-electron chi connectivity index (χ4n) is 1.20. The van der Waals surface area contributed by atoms with Gasteiger partial charge in [-0.05, 0) is 0 Å². The Morgan fingerprint density at radius 2 is 2.50 bits per heavy atom. The van der Waals surface area contributed by atoms with Crippen molar-refractivity contribution in [3.8, 4) is 12.3 Å². The van der Waals surface area contributed by atoms with Gasteiger partial charge in [-0.3, -0.25) is 14.9 Å². The van der Waals surface area contributed by atoms with Crippen molar-refractivity contribution < 1.29 is 9.59 Å². The van der Waals surface area contributed by atoms with E-state index in [0.29, 0.717) is 19.6 Å². The molecule has 1 aliphatic heterocycles. The van der Waals surface area contributed by atoms with Gasteiger partial charge in [-0.2, -0.15) is 0 Å². The third-order valence-electron chi connectivity index (χ3n) is 1.89. The maximum Gasteiger partial charge on any atom is 0.239 e. The van der Waals surface area contributed by atoms with E-state index in [2.05, 4.69) is 16.6 Å². The van der Waals surface area contributed by atoms with E-state index in [1.165, 1.54) is 4.90 Å². The van der Waals surface area contributed by atoms with Gasteiger partial charge in [0, 0.05) is 13.1 Å². The summed E-state index contributed by atoms with van der Waals surface area (Å²) in [4.78, 5) is 23.9. The Morgan fingerprint density at radius 1 is 1.71 bits per heavy atom. The van der Waals surface area contributed by atoms with Crippen molar-refractivity contribution in [1.82, 2.24) is 15.5 Å². The fourth-order valence-corrected chi connectivity index (χ4v) is 1.20. The van der Waals surface area contributed by atoms with E-state index in [1.807, 2.05) is 0 Å². The van der Waals surface area contributed by atoms with Crippen LogP contribution in [-0.4, -0.2) is 49.4 Å². The van der Waals surface area contributed by atoms with Gasteiger partial charge >= 0.3 is 0 Å². The topological polar surface area (TPSA) is 61.4 Å². The summed E-state index contributed by atoms with van der Waals surface area (Å²) in [7, 11) is 0. The molecule has 0 saturated carbocycles. The minimum absolute atomic E-state index is 0.0879.